The highest BCUT2D eigenvalue weighted by Crippen LogP contribution is 2.13. The van der Waals surface area contributed by atoms with Crippen molar-refractivity contribution in [2.45, 2.75) is 34.1 Å². The Morgan fingerprint density at radius 2 is 1.92 bits per heavy atom. The van der Waals surface area contributed by atoms with Crippen LogP contribution in [0.1, 0.15) is 34.1 Å². The maximum atomic E-state index is 11.0. The smallest absolute Gasteiger partial charge is 0.133 e. The number of allylic oxidation sites excluding steroid dienone is 4. The lowest BCUT2D eigenvalue weighted by molar-refractivity contribution is -0.121. The molecule has 0 saturated heterocycles. The van der Waals surface area contributed by atoms with Gasteiger partial charge >= 0.3 is 0 Å². The Labute approximate surface area is 81.5 Å². The predicted molar refractivity (Wildman–Crippen MR) is 57.6 cm³/mol. The van der Waals surface area contributed by atoms with Crippen LogP contribution in [0, 0.1) is 11.8 Å². The molecule has 0 aliphatic heterocycles. The van der Waals surface area contributed by atoms with Gasteiger partial charge in [-0.25, -0.2) is 0 Å². The molecule has 0 N–H and O–H groups in total. The maximum absolute atomic E-state index is 11.0. The van der Waals surface area contributed by atoms with Crippen molar-refractivity contribution in [1.29, 1.82) is 0 Å². The monoisotopic (exact) mass is 180 g/mol. The third-order valence-corrected chi connectivity index (χ3v) is 2.33. The normalized spacial score (nSPS) is 16.6. The van der Waals surface area contributed by atoms with Gasteiger partial charge in [-0.2, -0.15) is 0 Å². The first-order valence-corrected chi connectivity index (χ1v) is 4.93. The summed E-state index contributed by atoms with van der Waals surface area (Å²) in [6, 6.07) is 0. The lowest BCUT2D eigenvalue weighted by atomic mass is 9.92. The van der Waals surface area contributed by atoms with Crippen LogP contribution >= 0.6 is 0 Å². The number of carbonyl (C=O) groups excluding carboxylic acids is 1. The molecule has 0 spiro atoms. The molecule has 0 aromatic carbocycles. The highest BCUT2D eigenvalue weighted by Gasteiger charge is 2.12. The standard InChI is InChI=1S/C12H20O/c1-5-6-7-8-9-10(2)11(3)12(4)13/h6-11H,5H2,1-4H3/b7-6-,9-8-. The summed E-state index contributed by atoms with van der Waals surface area (Å²) < 4.78 is 0. The van der Waals surface area contributed by atoms with Gasteiger partial charge in [-0.1, -0.05) is 45.1 Å². The number of carbonyl (C=O) groups is 1. The fourth-order valence-corrected chi connectivity index (χ4v) is 0.991. The lowest BCUT2D eigenvalue weighted by Crippen LogP contribution is -2.13. The average molecular weight is 180 g/mol. The van der Waals surface area contributed by atoms with Crippen molar-refractivity contribution in [2.24, 2.45) is 11.8 Å². The summed E-state index contributed by atoms with van der Waals surface area (Å²) in [7, 11) is 0. The van der Waals surface area contributed by atoms with E-state index in [1.165, 1.54) is 0 Å². The summed E-state index contributed by atoms with van der Waals surface area (Å²) in [5, 5.41) is 0. The van der Waals surface area contributed by atoms with Crippen LogP contribution in [-0.2, 0) is 4.79 Å². The van der Waals surface area contributed by atoms with E-state index in [0.29, 0.717) is 5.92 Å². The molecule has 0 bridgehead atoms. The van der Waals surface area contributed by atoms with Crippen LogP contribution in [0.4, 0.5) is 0 Å². The van der Waals surface area contributed by atoms with Crippen LogP contribution in [-0.4, -0.2) is 5.78 Å². The fraction of sp³-hybridized carbons (Fsp3) is 0.583. The summed E-state index contributed by atoms with van der Waals surface area (Å²) >= 11 is 0. The van der Waals surface area contributed by atoms with Crippen LogP contribution in [0.15, 0.2) is 24.3 Å². The van der Waals surface area contributed by atoms with Crippen LogP contribution in [0.5, 0.6) is 0 Å². The molecule has 0 heterocycles. The number of hydrogen-bond acceptors (Lipinski definition) is 1. The van der Waals surface area contributed by atoms with Crippen molar-refractivity contribution in [3.63, 3.8) is 0 Å². The van der Waals surface area contributed by atoms with Gasteiger partial charge in [-0.15, -0.1) is 0 Å². The van der Waals surface area contributed by atoms with E-state index < -0.39 is 0 Å². The van der Waals surface area contributed by atoms with Crippen molar-refractivity contribution >= 4 is 5.78 Å². The molecule has 1 heteroatoms. The second-order valence-electron chi connectivity index (χ2n) is 3.48. The largest absolute Gasteiger partial charge is 0.300 e. The molecule has 2 unspecified atom stereocenters. The summed E-state index contributed by atoms with van der Waals surface area (Å²) in [5.74, 6) is 0.724. The molecule has 0 rings (SSSR count). The SMILES string of the molecule is CC/C=C\C=C/C(C)C(C)C(C)=O. The molecule has 2 atom stereocenters. The van der Waals surface area contributed by atoms with E-state index >= 15 is 0 Å². The summed E-state index contributed by atoms with van der Waals surface area (Å²) in [6.07, 6.45) is 9.29. The van der Waals surface area contributed by atoms with Gasteiger partial charge in [0, 0.05) is 5.92 Å². The summed E-state index contributed by atoms with van der Waals surface area (Å²) in [6.45, 7) is 7.80. The Bertz CT molecular complexity index is 201. The van der Waals surface area contributed by atoms with Crippen molar-refractivity contribution in [3.05, 3.63) is 24.3 Å². The third kappa shape index (κ3) is 5.40. The zero-order valence-electron chi connectivity index (χ0n) is 9.08. The van der Waals surface area contributed by atoms with Gasteiger partial charge in [0.25, 0.3) is 0 Å². The van der Waals surface area contributed by atoms with Crippen LogP contribution < -0.4 is 0 Å². The fourth-order valence-electron chi connectivity index (χ4n) is 0.991. The lowest BCUT2D eigenvalue weighted by Gasteiger charge is -2.11. The van der Waals surface area contributed by atoms with E-state index in [1.54, 1.807) is 6.92 Å². The number of hydrogen-bond donors (Lipinski definition) is 0. The number of ketones is 1. The molecule has 0 aliphatic rings. The van der Waals surface area contributed by atoms with Crippen molar-refractivity contribution in [1.82, 2.24) is 0 Å². The van der Waals surface area contributed by atoms with Gasteiger partial charge in [0.05, 0.1) is 0 Å². The second kappa shape index (κ2) is 6.64. The first-order chi connectivity index (χ1) is 6.09. The molecule has 0 aromatic heterocycles. The van der Waals surface area contributed by atoms with E-state index in [9.17, 15) is 4.79 Å². The molecule has 0 fully saturated rings. The van der Waals surface area contributed by atoms with Crippen molar-refractivity contribution < 1.29 is 4.79 Å². The Morgan fingerprint density at radius 3 is 2.38 bits per heavy atom. The van der Waals surface area contributed by atoms with E-state index in [1.807, 2.05) is 19.1 Å². The van der Waals surface area contributed by atoms with E-state index in [2.05, 4.69) is 26.0 Å². The van der Waals surface area contributed by atoms with E-state index in [4.69, 9.17) is 0 Å². The molecule has 0 saturated carbocycles. The van der Waals surface area contributed by atoms with E-state index in [-0.39, 0.29) is 11.7 Å². The molecule has 13 heavy (non-hydrogen) atoms. The predicted octanol–water partition coefficient (Wildman–Crippen LogP) is 3.37. The van der Waals surface area contributed by atoms with Gasteiger partial charge in [0.1, 0.15) is 5.78 Å². The Kier molecular flexibility index (Phi) is 6.21. The minimum absolute atomic E-state index is 0.131. The molecular formula is C12H20O. The molecule has 0 radical (unpaired) electrons. The first kappa shape index (κ1) is 12.2. The zero-order valence-corrected chi connectivity index (χ0v) is 9.08. The molecule has 1 nitrogen and oxygen atoms in total. The summed E-state index contributed by atoms with van der Waals surface area (Å²) in [4.78, 5) is 11.0. The van der Waals surface area contributed by atoms with E-state index in [0.717, 1.165) is 6.42 Å². The van der Waals surface area contributed by atoms with Crippen molar-refractivity contribution in [3.8, 4) is 0 Å². The number of rotatable bonds is 5. The maximum Gasteiger partial charge on any atom is 0.133 e. The van der Waals surface area contributed by atoms with Gasteiger partial charge in [0.15, 0.2) is 0 Å². The topological polar surface area (TPSA) is 17.1 Å². The first-order valence-electron chi connectivity index (χ1n) is 4.93. The molecule has 74 valence electrons. The molecule has 0 aromatic rings. The quantitative estimate of drug-likeness (QED) is 0.593. The van der Waals surface area contributed by atoms with Gasteiger partial charge in [0.2, 0.25) is 0 Å². The average Bonchev–Trinajstić information content (AvgIpc) is 2.10. The van der Waals surface area contributed by atoms with Gasteiger partial charge in [-0.05, 0) is 19.3 Å². The van der Waals surface area contributed by atoms with Crippen molar-refractivity contribution in [2.75, 3.05) is 0 Å². The highest BCUT2D eigenvalue weighted by atomic mass is 16.1. The van der Waals surface area contributed by atoms with Crippen LogP contribution in [0.3, 0.4) is 0 Å². The third-order valence-electron chi connectivity index (χ3n) is 2.33. The highest BCUT2D eigenvalue weighted by molar-refractivity contribution is 5.78. The second-order valence-corrected chi connectivity index (χ2v) is 3.48. The Balaban J connectivity index is 3.98. The Morgan fingerprint density at radius 1 is 1.31 bits per heavy atom. The van der Waals surface area contributed by atoms with Gasteiger partial charge < -0.3 is 0 Å². The zero-order chi connectivity index (χ0) is 10.3. The summed E-state index contributed by atoms with van der Waals surface area (Å²) in [5.41, 5.74) is 0. The molecule has 0 amide bonds. The van der Waals surface area contributed by atoms with Crippen LogP contribution in [0.2, 0.25) is 0 Å². The van der Waals surface area contributed by atoms with Gasteiger partial charge in [-0.3, -0.25) is 4.79 Å². The Hall–Kier alpha value is -0.850. The minimum atomic E-state index is 0.131. The van der Waals surface area contributed by atoms with Crippen LogP contribution in [0.25, 0.3) is 0 Å². The molecular weight excluding hydrogens is 160 g/mol. The minimum Gasteiger partial charge on any atom is -0.300 e. The molecule has 0 aliphatic carbocycles. The number of Topliss-reactive ketones (excluding diaryl/α,β-unsaturated/α-hetero) is 1.